The molecule has 1 aliphatic heterocycles. The number of aliphatic carboxylic acids is 1. The maximum absolute atomic E-state index is 12.3. The summed E-state index contributed by atoms with van der Waals surface area (Å²) >= 11 is 0. The smallest absolute Gasteiger partial charge is 0.352 e. The molecule has 6 nitrogen and oxygen atoms in total. The number of fused-ring (bicyclic) bond motifs is 1. The molecule has 2 N–H and O–H groups in total. The lowest BCUT2D eigenvalue weighted by atomic mass is 10.0. The number of hydrogen-bond donors (Lipinski definition) is 2. The van der Waals surface area contributed by atoms with Crippen LogP contribution >= 0.6 is 0 Å². The second-order valence-corrected chi connectivity index (χ2v) is 9.55. The first kappa shape index (κ1) is 22.9. The zero-order valence-electron chi connectivity index (χ0n) is 19.2. The third-order valence-electron chi connectivity index (χ3n) is 6.23. The summed E-state index contributed by atoms with van der Waals surface area (Å²) in [5.41, 5.74) is 1.39. The minimum absolute atomic E-state index is 0.128. The molecule has 174 valence electrons. The Morgan fingerprint density at radius 3 is 2.58 bits per heavy atom. The third kappa shape index (κ3) is 5.95. The third-order valence-corrected chi connectivity index (χ3v) is 6.23. The molecular weight excluding hydrogens is 418 g/mol. The van der Waals surface area contributed by atoms with Crippen molar-refractivity contribution < 1.29 is 24.2 Å². The molecule has 1 aliphatic carbocycles. The van der Waals surface area contributed by atoms with Crippen molar-refractivity contribution in [3.8, 4) is 17.2 Å². The quantitative estimate of drug-likeness (QED) is 0.505. The van der Waals surface area contributed by atoms with Crippen molar-refractivity contribution in [1.29, 1.82) is 0 Å². The van der Waals surface area contributed by atoms with Crippen molar-refractivity contribution in [3.63, 3.8) is 0 Å². The van der Waals surface area contributed by atoms with Gasteiger partial charge in [-0.15, -0.1) is 0 Å². The molecule has 2 aliphatic rings. The summed E-state index contributed by atoms with van der Waals surface area (Å²) in [6.45, 7) is 4.09. The fourth-order valence-corrected chi connectivity index (χ4v) is 4.59. The highest BCUT2D eigenvalue weighted by atomic mass is 16.5. The van der Waals surface area contributed by atoms with Gasteiger partial charge in [-0.1, -0.05) is 49.9 Å². The number of ether oxygens (including phenoxy) is 2. The number of carbonyl (C=O) groups is 2. The van der Waals surface area contributed by atoms with E-state index in [4.69, 9.17) is 9.47 Å². The molecule has 2 aromatic rings. The Morgan fingerprint density at radius 2 is 1.88 bits per heavy atom. The summed E-state index contributed by atoms with van der Waals surface area (Å²) in [6, 6.07) is 12.9. The number of amides is 1. The van der Waals surface area contributed by atoms with Gasteiger partial charge in [0.25, 0.3) is 0 Å². The fourth-order valence-electron chi connectivity index (χ4n) is 4.59. The van der Waals surface area contributed by atoms with Crippen LogP contribution in [0.15, 0.2) is 48.2 Å². The van der Waals surface area contributed by atoms with Gasteiger partial charge < -0.3 is 19.9 Å². The molecular formula is C27H31NO5. The summed E-state index contributed by atoms with van der Waals surface area (Å²) < 4.78 is 12.1. The second kappa shape index (κ2) is 9.69. The van der Waals surface area contributed by atoms with Crippen molar-refractivity contribution in [1.82, 2.24) is 5.32 Å². The molecule has 1 amide bonds. The number of carbonyl (C=O) groups excluding carboxylic acids is 1. The number of carboxylic acid groups (broad SMARTS) is 1. The monoisotopic (exact) mass is 449 g/mol. The molecule has 1 heterocycles. The summed E-state index contributed by atoms with van der Waals surface area (Å²) in [7, 11) is 0. The van der Waals surface area contributed by atoms with Crippen molar-refractivity contribution in [3.05, 3.63) is 59.3 Å². The van der Waals surface area contributed by atoms with Gasteiger partial charge >= 0.3 is 5.97 Å². The molecule has 0 bridgehead atoms. The molecule has 1 saturated carbocycles. The second-order valence-electron chi connectivity index (χ2n) is 9.55. The maximum Gasteiger partial charge on any atom is 0.352 e. The summed E-state index contributed by atoms with van der Waals surface area (Å²) in [4.78, 5) is 23.9. The van der Waals surface area contributed by atoms with Gasteiger partial charge in [-0.25, -0.2) is 4.79 Å². The molecule has 0 spiro atoms. The zero-order chi connectivity index (χ0) is 23.4. The summed E-state index contributed by atoms with van der Waals surface area (Å²) in [6.07, 6.45) is 8.24. The van der Waals surface area contributed by atoms with Crippen LogP contribution in [0.5, 0.6) is 17.2 Å². The Bertz CT molecular complexity index is 1050. The minimum atomic E-state index is -1.16. The first-order chi connectivity index (χ1) is 15.8. The molecule has 0 radical (unpaired) electrons. The van der Waals surface area contributed by atoms with E-state index < -0.39 is 5.97 Å². The van der Waals surface area contributed by atoms with E-state index in [9.17, 15) is 14.7 Å². The van der Waals surface area contributed by atoms with Gasteiger partial charge in [0, 0.05) is 18.4 Å². The van der Waals surface area contributed by atoms with Crippen molar-refractivity contribution in [2.45, 2.75) is 64.4 Å². The number of carboxylic acids is 1. The van der Waals surface area contributed by atoms with Crippen LogP contribution in [0.3, 0.4) is 0 Å². The molecule has 2 aromatic carbocycles. The van der Waals surface area contributed by atoms with E-state index in [1.165, 1.54) is 31.8 Å². The van der Waals surface area contributed by atoms with E-state index in [0.29, 0.717) is 29.4 Å². The van der Waals surface area contributed by atoms with E-state index >= 15 is 0 Å². The Kier molecular flexibility index (Phi) is 6.72. The first-order valence-electron chi connectivity index (χ1n) is 11.6. The highest BCUT2D eigenvalue weighted by Crippen LogP contribution is 2.43. The number of benzene rings is 2. The first-order valence-corrected chi connectivity index (χ1v) is 11.6. The molecule has 6 heteroatoms. The van der Waals surface area contributed by atoms with Gasteiger partial charge in [-0.2, -0.15) is 0 Å². The highest BCUT2D eigenvalue weighted by Gasteiger charge is 2.32. The Balaban J connectivity index is 1.40. The number of nitrogens with one attached hydrogen (secondary N) is 1. The zero-order valence-corrected chi connectivity index (χ0v) is 19.2. The molecule has 1 fully saturated rings. The van der Waals surface area contributed by atoms with Crippen LogP contribution in [0.2, 0.25) is 0 Å². The van der Waals surface area contributed by atoms with E-state index in [-0.39, 0.29) is 17.2 Å². The number of hydrogen-bond acceptors (Lipinski definition) is 4. The van der Waals surface area contributed by atoms with E-state index in [2.05, 4.69) is 5.32 Å². The topological polar surface area (TPSA) is 84.9 Å². The summed E-state index contributed by atoms with van der Waals surface area (Å²) in [5.74, 6) is 1.21. The number of para-hydroxylation sites is 1. The summed E-state index contributed by atoms with van der Waals surface area (Å²) in [5, 5.41) is 12.1. The van der Waals surface area contributed by atoms with Gasteiger partial charge in [0.1, 0.15) is 17.0 Å². The van der Waals surface area contributed by atoms with Gasteiger partial charge in [-0.05, 0) is 56.0 Å². The van der Waals surface area contributed by atoms with Gasteiger partial charge in [0.05, 0.1) is 0 Å². The van der Waals surface area contributed by atoms with Crippen LogP contribution < -0.4 is 14.8 Å². The minimum Gasteiger partial charge on any atom is -0.483 e. The lowest BCUT2D eigenvalue weighted by Crippen LogP contribution is -2.27. The maximum atomic E-state index is 12.3. The Hall–Kier alpha value is -3.28. The molecule has 0 aromatic heterocycles. The largest absolute Gasteiger partial charge is 0.483 e. The van der Waals surface area contributed by atoms with Crippen LogP contribution in [-0.2, 0) is 16.0 Å². The number of rotatable bonds is 8. The van der Waals surface area contributed by atoms with Gasteiger partial charge in [-0.3, -0.25) is 4.79 Å². The lowest BCUT2D eigenvalue weighted by Gasteiger charge is -2.18. The van der Waals surface area contributed by atoms with Crippen molar-refractivity contribution >= 4 is 18.0 Å². The highest BCUT2D eigenvalue weighted by molar-refractivity contribution is 5.96. The Labute approximate surface area is 194 Å². The fraction of sp³-hybridized carbons (Fsp3) is 0.407. The molecule has 0 atom stereocenters. The van der Waals surface area contributed by atoms with Crippen molar-refractivity contribution in [2.75, 3.05) is 0 Å². The van der Waals surface area contributed by atoms with E-state index in [1.54, 1.807) is 24.3 Å². The Morgan fingerprint density at radius 1 is 1.15 bits per heavy atom. The predicted octanol–water partition coefficient (Wildman–Crippen LogP) is 5.70. The molecule has 4 rings (SSSR count). The molecule has 0 unspecified atom stereocenters. The van der Waals surface area contributed by atoms with E-state index in [1.807, 2.05) is 32.0 Å². The van der Waals surface area contributed by atoms with Crippen LogP contribution in [0.1, 0.15) is 63.5 Å². The molecule has 0 saturated heterocycles. The van der Waals surface area contributed by atoms with E-state index in [0.717, 1.165) is 24.2 Å². The lowest BCUT2D eigenvalue weighted by molar-refractivity contribution is -0.134. The molecule has 33 heavy (non-hydrogen) atoms. The average molecular weight is 450 g/mol. The van der Waals surface area contributed by atoms with Crippen LogP contribution in [-0.4, -0.2) is 22.6 Å². The van der Waals surface area contributed by atoms with Crippen LogP contribution in [0, 0.1) is 5.92 Å². The van der Waals surface area contributed by atoms with Crippen LogP contribution in [0.4, 0.5) is 0 Å². The van der Waals surface area contributed by atoms with Crippen molar-refractivity contribution in [2.24, 2.45) is 5.92 Å². The normalized spacial score (nSPS) is 17.3. The van der Waals surface area contributed by atoms with Crippen LogP contribution in [0.25, 0.3) is 6.08 Å². The standard InChI is InChI=1S/C27H31NO5/c1-27(2)17-20-8-5-9-23(25(20)33-27)32-21-13-10-19(11-14-21)16-22(26(30)31)28-24(29)15-12-18-6-3-4-7-18/h5,8-11,13-14,16,18H,3-4,6-7,12,15,17H2,1-2H3,(H,28,29)(H,30,31)/b22-16-. The average Bonchev–Trinajstić information content (AvgIpc) is 3.39. The predicted molar refractivity (Wildman–Crippen MR) is 126 cm³/mol. The van der Waals surface area contributed by atoms with Gasteiger partial charge in [0.2, 0.25) is 5.91 Å². The van der Waals surface area contributed by atoms with Gasteiger partial charge in [0.15, 0.2) is 11.5 Å². The SMILES string of the molecule is CC1(C)Cc2cccc(Oc3ccc(/C=C(\NC(=O)CCC4CCCC4)C(=O)O)cc3)c2O1.